The average molecular weight is 192 g/mol. The maximum Gasteiger partial charge on any atom is -0.000284 e. The van der Waals surface area contributed by atoms with Crippen molar-refractivity contribution in [1.82, 2.24) is 0 Å². The molecule has 1 aromatic rings. The molecule has 1 rings (SSSR count). The molecule has 0 atom stereocenters. The second kappa shape index (κ2) is 5.87. The highest BCUT2D eigenvalue weighted by molar-refractivity contribution is 8.02. The second-order valence-corrected chi connectivity index (χ2v) is 4.38. The number of rotatable bonds is 4. The Kier molecular flexibility index (Phi) is 4.69. The molecule has 0 aliphatic carbocycles. The Hall–Kier alpha value is -0.690. The summed E-state index contributed by atoms with van der Waals surface area (Å²) >= 11 is 1.88. The molecule has 1 heteroatoms. The van der Waals surface area contributed by atoms with Crippen molar-refractivity contribution in [1.29, 1.82) is 0 Å². The first-order valence-corrected chi connectivity index (χ1v) is 5.67. The van der Waals surface area contributed by atoms with Crippen LogP contribution >= 0.6 is 11.8 Å². The summed E-state index contributed by atoms with van der Waals surface area (Å²) in [5, 5.41) is 2.18. The first-order valence-electron chi connectivity index (χ1n) is 4.62. The predicted octanol–water partition coefficient (Wildman–Crippen LogP) is 4.05. The second-order valence-electron chi connectivity index (χ2n) is 3.44. The summed E-state index contributed by atoms with van der Waals surface area (Å²) in [6.45, 7) is 4.48. The van der Waals surface area contributed by atoms with Gasteiger partial charge in [-0.25, -0.2) is 0 Å². The van der Waals surface area contributed by atoms with Gasteiger partial charge in [0.05, 0.1) is 0 Å². The Morgan fingerprint density at radius 2 is 1.92 bits per heavy atom. The molecule has 0 spiro atoms. The van der Waals surface area contributed by atoms with Crippen LogP contribution in [0, 0.1) is 5.92 Å². The van der Waals surface area contributed by atoms with Gasteiger partial charge in [0.15, 0.2) is 0 Å². The fourth-order valence-electron chi connectivity index (χ4n) is 0.939. The zero-order valence-corrected chi connectivity index (χ0v) is 9.05. The molecule has 0 heterocycles. The van der Waals surface area contributed by atoms with Crippen LogP contribution in [-0.2, 0) is 0 Å². The summed E-state index contributed by atoms with van der Waals surface area (Å²) in [5.74, 6) is 1.97. The number of hydrogen-bond acceptors (Lipinski definition) is 1. The number of hydrogen-bond donors (Lipinski definition) is 0. The zero-order valence-electron chi connectivity index (χ0n) is 8.23. The minimum atomic E-state index is 0.769. The normalized spacial score (nSPS) is 11.3. The van der Waals surface area contributed by atoms with E-state index in [2.05, 4.69) is 49.6 Å². The van der Waals surface area contributed by atoms with E-state index in [0.717, 1.165) is 5.92 Å². The summed E-state index contributed by atoms with van der Waals surface area (Å²) in [5.41, 5.74) is 1.28. The third-order valence-electron chi connectivity index (χ3n) is 1.59. The van der Waals surface area contributed by atoms with E-state index in [-0.39, 0.29) is 0 Å². The van der Waals surface area contributed by atoms with Crippen LogP contribution in [0.5, 0.6) is 0 Å². The maximum atomic E-state index is 2.24. The highest BCUT2D eigenvalue weighted by Gasteiger charge is 1.89. The van der Waals surface area contributed by atoms with Gasteiger partial charge >= 0.3 is 0 Å². The Morgan fingerprint density at radius 1 is 1.23 bits per heavy atom. The Morgan fingerprint density at radius 3 is 2.54 bits per heavy atom. The monoisotopic (exact) mass is 192 g/mol. The minimum Gasteiger partial charge on any atom is -0.134 e. The zero-order chi connectivity index (χ0) is 9.52. The van der Waals surface area contributed by atoms with Gasteiger partial charge in [-0.3, -0.25) is 0 Å². The van der Waals surface area contributed by atoms with Crippen molar-refractivity contribution in [3.63, 3.8) is 0 Å². The lowest BCUT2D eigenvalue weighted by Crippen LogP contribution is -1.87. The molecular weight excluding hydrogens is 176 g/mol. The fourth-order valence-corrected chi connectivity index (χ4v) is 1.69. The van der Waals surface area contributed by atoms with Gasteiger partial charge in [-0.2, -0.15) is 0 Å². The van der Waals surface area contributed by atoms with E-state index in [1.54, 1.807) is 0 Å². The van der Waals surface area contributed by atoms with Crippen molar-refractivity contribution in [2.24, 2.45) is 5.92 Å². The predicted molar refractivity (Wildman–Crippen MR) is 62.8 cm³/mol. The molecule has 0 N–H and O–H groups in total. The molecule has 0 bridgehead atoms. The molecule has 0 aliphatic rings. The van der Waals surface area contributed by atoms with Crippen molar-refractivity contribution in [3.05, 3.63) is 41.3 Å². The van der Waals surface area contributed by atoms with Gasteiger partial charge < -0.3 is 0 Å². The summed E-state index contributed by atoms with van der Waals surface area (Å²) < 4.78 is 0. The lowest BCUT2D eigenvalue weighted by molar-refractivity contribution is 0.751. The molecule has 0 fully saturated rings. The topological polar surface area (TPSA) is 0 Å². The van der Waals surface area contributed by atoms with Crippen molar-refractivity contribution in [2.75, 3.05) is 5.75 Å². The largest absolute Gasteiger partial charge is 0.134 e. The van der Waals surface area contributed by atoms with Gasteiger partial charge in [-0.1, -0.05) is 44.2 Å². The van der Waals surface area contributed by atoms with Crippen LogP contribution in [0.4, 0.5) is 0 Å². The van der Waals surface area contributed by atoms with Crippen molar-refractivity contribution in [3.8, 4) is 0 Å². The maximum absolute atomic E-state index is 2.24. The van der Waals surface area contributed by atoms with Crippen LogP contribution in [0.3, 0.4) is 0 Å². The molecular formula is C12H16S. The summed E-state index contributed by atoms with van der Waals surface area (Å²) in [6, 6.07) is 10.4. The van der Waals surface area contributed by atoms with E-state index in [9.17, 15) is 0 Å². The first-order chi connectivity index (χ1) is 6.29. The Bertz CT molecular complexity index is 249. The molecule has 0 radical (unpaired) electrons. The van der Waals surface area contributed by atoms with Crippen molar-refractivity contribution >= 4 is 17.8 Å². The molecule has 0 unspecified atom stereocenters. The molecule has 0 aromatic heterocycles. The van der Waals surface area contributed by atoms with E-state index in [4.69, 9.17) is 0 Å². The number of thioether (sulfide) groups is 1. The Labute approximate surface area is 85.1 Å². The molecule has 0 saturated carbocycles. The standard InChI is InChI=1S/C12H16S/c1-11(2)10-13-9-8-12-6-4-3-5-7-12/h3-9,11H,10H2,1-2H3. The van der Waals surface area contributed by atoms with Crippen LogP contribution in [-0.4, -0.2) is 5.75 Å². The smallest absolute Gasteiger partial charge is 0.000284 e. The van der Waals surface area contributed by atoms with Crippen LogP contribution in [0.2, 0.25) is 0 Å². The molecule has 70 valence electrons. The van der Waals surface area contributed by atoms with Gasteiger partial charge in [0.1, 0.15) is 0 Å². The molecule has 1 aromatic carbocycles. The molecule has 0 aliphatic heterocycles. The average Bonchev–Trinajstić information content (AvgIpc) is 2.14. The van der Waals surface area contributed by atoms with Crippen molar-refractivity contribution in [2.45, 2.75) is 13.8 Å². The molecule has 0 nitrogen and oxygen atoms in total. The van der Waals surface area contributed by atoms with Crippen LogP contribution in [0.25, 0.3) is 6.08 Å². The lowest BCUT2D eigenvalue weighted by Gasteiger charge is -1.98. The quantitative estimate of drug-likeness (QED) is 0.693. The molecule has 13 heavy (non-hydrogen) atoms. The number of benzene rings is 1. The highest BCUT2D eigenvalue weighted by Crippen LogP contribution is 2.11. The van der Waals surface area contributed by atoms with E-state index in [1.165, 1.54) is 11.3 Å². The van der Waals surface area contributed by atoms with E-state index in [1.807, 2.05) is 17.8 Å². The van der Waals surface area contributed by atoms with E-state index >= 15 is 0 Å². The van der Waals surface area contributed by atoms with E-state index in [0.29, 0.717) is 0 Å². The van der Waals surface area contributed by atoms with Crippen LogP contribution in [0.1, 0.15) is 19.4 Å². The summed E-state index contributed by atoms with van der Waals surface area (Å²) in [4.78, 5) is 0. The van der Waals surface area contributed by atoms with E-state index < -0.39 is 0 Å². The van der Waals surface area contributed by atoms with Crippen molar-refractivity contribution < 1.29 is 0 Å². The van der Waals surface area contributed by atoms with Gasteiger partial charge in [-0.15, -0.1) is 11.8 Å². The lowest BCUT2D eigenvalue weighted by atomic mass is 10.2. The summed E-state index contributed by atoms with van der Waals surface area (Å²) in [6.07, 6.45) is 2.16. The van der Waals surface area contributed by atoms with Gasteiger partial charge in [0, 0.05) is 0 Å². The van der Waals surface area contributed by atoms with Gasteiger partial charge in [-0.05, 0) is 28.7 Å². The highest BCUT2D eigenvalue weighted by atomic mass is 32.2. The first kappa shape index (κ1) is 10.4. The van der Waals surface area contributed by atoms with Gasteiger partial charge in [0.2, 0.25) is 0 Å². The molecule has 0 amide bonds. The SMILES string of the molecule is CC(C)CSC=Cc1ccccc1. The fraction of sp³-hybridized carbons (Fsp3) is 0.333. The third-order valence-corrected chi connectivity index (χ3v) is 2.77. The molecule has 0 saturated heterocycles. The summed E-state index contributed by atoms with van der Waals surface area (Å²) in [7, 11) is 0. The van der Waals surface area contributed by atoms with Gasteiger partial charge in [0.25, 0.3) is 0 Å². The minimum absolute atomic E-state index is 0.769. The van der Waals surface area contributed by atoms with Crippen LogP contribution in [0.15, 0.2) is 35.7 Å². The van der Waals surface area contributed by atoms with Crippen LogP contribution < -0.4 is 0 Å². The Balaban J connectivity index is 2.33. The third kappa shape index (κ3) is 4.79.